The Kier molecular flexibility index (Phi) is 0.893. The smallest absolute Gasteiger partial charge is 0.197 e. The van der Waals surface area contributed by atoms with Crippen molar-refractivity contribution < 1.29 is 22.4 Å². The van der Waals surface area contributed by atoms with Gasteiger partial charge >= 0.3 is 0 Å². The van der Waals surface area contributed by atoms with Gasteiger partial charge in [0.25, 0.3) is 0 Å². The Morgan fingerprint density at radius 3 is 2.08 bits per heavy atom. The van der Waals surface area contributed by atoms with Crippen LogP contribution >= 0.6 is 0 Å². The van der Waals surface area contributed by atoms with Crippen LogP contribution in [0.2, 0.25) is 0 Å². The molecule has 0 amide bonds. The van der Waals surface area contributed by atoms with Crippen LogP contribution in [0, 0.1) is 0 Å². The molecule has 0 aromatic heterocycles. The minimum absolute atomic E-state index is 1.19. The van der Waals surface area contributed by atoms with Crippen LogP contribution in [0.4, 0.5) is 0 Å². The monoisotopic (exact) mass is 180 g/mol. The summed E-state index contributed by atoms with van der Waals surface area (Å²) < 4.78 is 61.1. The van der Waals surface area contributed by atoms with Gasteiger partial charge in [0, 0.05) is 15.3 Å². The van der Waals surface area contributed by atoms with Crippen LogP contribution in [-0.4, -0.2) is 24.3 Å². The van der Waals surface area contributed by atoms with E-state index in [-0.39, 0.29) is 0 Å². The van der Waals surface area contributed by atoms with Crippen LogP contribution in [0.3, 0.4) is 0 Å². The van der Waals surface area contributed by atoms with Crippen LogP contribution in [-0.2, 0) is 14.2 Å². The van der Waals surface area contributed by atoms with E-state index in [4.69, 9.17) is 22.4 Å². The minimum atomic E-state index is -2.93. The van der Waals surface area contributed by atoms with E-state index in [0.29, 0.717) is 0 Å². The van der Waals surface area contributed by atoms with E-state index < -0.39 is 30.9 Å². The second-order valence-corrected chi connectivity index (χ2v) is 3.43. The fourth-order valence-corrected chi connectivity index (χ4v) is 1.21. The fraction of sp³-hybridized carbons (Fsp3) is 1.00. The first-order valence-corrected chi connectivity index (χ1v) is 3.68. The molecule has 3 nitrogen and oxygen atoms in total. The first-order valence-electron chi connectivity index (χ1n) is 6.68. The first-order chi connectivity index (χ1) is 7.72. The number of hydrogen-bond acceptors (Lipinski definition) is 3. The second-order valence-electron chi connectivity index (χ2n) is 3.43. The highest BCUT2D eigenvalue weighted by Gasteiger charge is 2.56. The Morgan fingerprint density at radius 2 is 1.75 bits per heavy atom. The van der Waals surface area contributed by atoms with Crippen molar-refractivity contribution in [3.8, 4) is 0 Å². The number of hydrogen-bond donors (Lipinski definition) is 0. The molecule has 1 aliphatic rings. The summed E-state index contributed by atoms with van der Waals surface area (Å²) in [4.78, 5) is 0. The zero-order valence-corrected chi connectivity index (χ0v) is 7.72. The van der Waals surface area contributed by atoms with Gasteiger partial charge in [-0.2, -0.15) is 0 Å². The highest BCUT2D eigenvalue weighted by atomic mass is 16.8. The molecule has 0 aromatic rings. The lowest BCUT2D eigenvalue weighted by Crippen LogP contribution is -2.46. The molecule has 0 aliphatic carbocycles. The molecule has 12 heavy (non-hydrogen) atoms. The molecule has 0 aromatic carbocycles. The minimum Gasteiger partial charge on any atom is -0.351 e. The van der Waals surface area contributed by atoms with Gasteiger partial charge in [-0.15, -0.1) is 0 Å². The van der Waals surface area contributed by atoms with Crippen LogP contribution in [0.5, 0.6) is 0 Å². The SMILES string of the molecule is [2H]C([2H])([2H])C1(C([2H])([2H])[2H])OC(C)(C)OC1(C)OC. The summed E-state index contributed by atoms with van der Waals surface area (Å²) in [7, 11) is 1.19. The Balaban J connectivity index is 3.53. The summed E-state index contributed by atoms with van der Waals surface area (Å²) in [6.45, 7) is -1.71. The predicted octanol–water partition coefficient (Wildman–Crippen LogP) is 1.91. The largest absolute Gasteiger partial charge is 0.351 e. The Labute approximate surface area is 82.4 Å². The van der Waals surface area contributed by atoms with Gasteiger partial charge < -0.3 is 14.2 Å². The predicted molar refractivity (Wildman–Crippen MR) is 45.7 cm³/mol. The van der Waals surface area contributed by atoms with E-state index >= 15 is 0 Å². The summed E-state index contributed by atoms with van der Waals surface area (Å²) >= 11 is 0. The van der Waals surface area contributed by atoms with Gasteiger partial charge in [-0.3, -0.25) is 0 Å². The van der Waals surface area contributed by atoms with Crippen molar-refractivity contribution in [1.82, 2.24) is 0 Å². The maximum absolute atomic E-state index is 7.56. The third-order valence-electron chi connectivity index (χ3n) is 1.87. The Bertz CT molecular complexity index is 320. The number of methoxy groups -OCH3 is 1. The maximum atomic E-state index is 7.56. The van der Waals surface area contributed by atoms with E-state index in [1.165, 1.54) is 27.9 Å². The molecule has 3 heteroatoms. The molecule has 1 aliphatic heterocycles. The van der Waals surface area contributed by atoms with Crippen molar-refractivity contribution >= 4 is 0 Å². The highest BCUT2D eigenvalue weighted by molar-refractivity contribution is 4.93. The summed E-state index contributed by atoms with van der Waals surface area (Å²) in [6, 6.07) is 0. The van der Waals surface area contributed by atoms with Gasteiger partial charge in [0.15, 0.2) is 11.6 Å². The summed E-state index contributed by atoms with van der Waals surface area (Å²) in [6.07, 6.45) is 0. The molecular weight excluding hydrogens is 156 g/mol. The van der Waals surface area contributed by atoms with E-state index in [9.17, 15) is 0 Å². The van der Waals surface area contributed by atoms with Gasteiger partial charge in [0.1, 0.15) is 5.60 Å². The lowest BCUT2D eigenvalue weighted by atomic mass is 10.00. The number of rotatable bonds is 1. The van der Waals surface area contributed by atoms with E-state index in [1.807, 2.05) is 0 Å². The summed E-state index contributed by atoms with van der Waals surface area (Å²) in [5.74, 6) is -3.26. The van der Waals surface area contributed by atoms with Crippen LogP contribution in [0.25, 0.3) is 0 Å². The molecule has 72 valence electrons. The third-order valence-corrected chi connectivity index (χ3v) is 1.87. The zero-order valence-electron chi connectivity index (χ0n) is 13.7. The molecule has 0 saturated carbocycles. The molecule has 0 spiro atoms. The fourth-order valence-electron chi connectivity index (χ4n) is 1.21. The van der Waals surface area contributed by atoms with E-state index in [0.717, 1.165) is 0 Å². The highest BCUT2D eigenvalue weighted by Crippen LogP contribution is 2.43. The summed E-state index contributed by atoms with van der Waals surface area (Å²) in [5.41, 5.74) is -2.54. The van der Waals surface area contributed by atoms with Crippen molar-refractivity contribution in [2.24, 2.45) is 0 Å². The van der Waals surface area contributed by atoms with Gasteiger partial charge in [-0.1, -0.05) is 0 Å². The van der Waals surface area contributed by atoms with Gasteiger partial charge in [-0.05, 0) is 34.5 Å². The quantitative estimate of drug-likeness (QED) is 0.617. The van der Waals surface area contributed by atoms with Crippen molar-refractivity contribution in [3.63, 3.8) is 0 Å². The Morgan fingerprint density at radius 1 is 1.17 bits per heavy atom. The van der Waals surface area contributed by atoms with Crippen LogP contribution in [0.15, 0.2) is 0 Å². The topological polar surface area (TPSA) is 27.7 Å². The van der Waals surface area contributed by atoms with E-state index in [1.54, 1.807) is 0 Å². The van der Waals surface area contributed by atoms with Crippen molar-refractivity contribution in [2.75, 3.05) is 7.11 Å². The lowest BCUT2D eigenvalue weighted by Gasteiger charge is -2.32. The van der Waals surface area contributed by atoms with Crippen LogP contribution in [0.1, 0.15) is 42.7 Å². The number of ether oxygens (including phenoxy) is 3. The molecule has 1 unspecified atom stereocenters. The van der Waals surface area contributed by atoms with Gasteiger partial charge in [0.05, 0.1) is 0 Å². The van der Waals surface area contributed by atoms with Crippen molar-refractivity contribution in [2.45, 2.75) is 51.7 Å². The molecule has 1 atom stereocenters. The second kappa shape index (κ2) is 2.44. The maximum Gasteiger partial charge on any atom is 0.197 e. The van der Waals surface area contributed by atoms with Crippen molar-refractivity contribution in [1.29, 1.82) is 0 Å². The standard InChI is InChI=1S/C9H18O3/c1-7(2)9(5,10-6)12-8(3,4)11-7/h1-6H3/i1D3,2D3. The average Bonchev–Trinajstić information content (AvgIpc) is 2.32. The Hall–Kier alpha value is -0.120. The lowest BCUT2D eigenvalue weighted by molar-refractivity contribution is -0.240. The van der Waals surface area contributed by atoms with Crippen molar-refractivity contribution in [3.05, 3.63) is 0 Å². The molecule has 0 radical (unpaired) electrons. The molecule has 0 N–H and O–H groups in total. The summed E-state index contributed by atoms with van der Waals surface area (Å²) in [5, 5.41) is 0. The van der Waals surface area contributed by atoms with Crippen LogP contribution < -0.4 is 0 Å². The average molecular weight is 180 g/mol. The normalized spacial score (nSPS) is 48.0. The molecular formula is C9H18O3. The molecule has 1 heterocycles. The molecule has 1 rings (SSSR count). The molecule has 1 fully saturated rings. The zero-order chi connectivity index (χ0) is 14.6. The first kappa shape index (κ1) is 4.40. The van der Waals surface area contributed by atoms with Gasteiger partial charge in [0.2, 0.25) is 0 Å². The molecule has 0 bridgehead atoms. The van der Waals surface area contributed by atoms with E-state index in [2.05, 4.69) is 0 Å². The van der Waals surface area contributed by atoms with Gasteiger partial charge in [-0.25, -0.2) is 0 Å². The third kappa shape index (κ3) is 1.37. The molecule has 1 saturated heterocycles.